The maximum absolute atomic E-state index is 5.32. The summed E-state index contributed by atoms with van der Waals surface area (Å²) in [5, 5.41) is 0. The minimum atomic E-state index is 0.856. The van der Waals surface area contributed by atoms with Gasteiger partial charge in [-0.3, -0.25) is 0 Å². The molecule has 0 atom stereocenters. The second-order valence-corrected chi connectivity index (χ2v) is 2.71. The molecule has 1 rings (SSSR count). The molecule has 0 amide bonds. The molecule has 36 valence electrons. The summed E-state index contributed by atoms with van der Waals surface area (Å²) < 4.78 is 0. The number of hydrogen-bond acceptors (Lipinski definition) is 2. The average Bonchev–Trinajstić information content (AvgIpc) is 1.31. The van der Waals surface area contributed by atoms with E-state index in [1.165, 1.54) is 11.5 Å². The first-order chi connectivity index (χ1) is 2.93. The van der Waals surface area contributed by atoms with Crippen LogP contribution in [0.2, 0.25) is 0 Å². The van der Waals surface area contributed by atoms with Gasteiger partial charge in [-0.2, -0.15) is 11.8 Å². The molecule has 2 heteroatoms. The largest absolute Gasteiger partial charge is 0.330 e. The minimum absolute atomic E-state index is 0.856. The lowest BCUT2D eigenvalue weighted by Crippen LogP contribution is -2.26. The first-order valence-electron chi connectivity index (χ1n) is 2.21. The van der Waals surface area contributed by atoms with Crippen molar-refractivity contribution in [3.63, 3.8) is 0 Å². The molecule has 0 aromatic heterocycles. The van der Waals surface area contributed by atoms with E-state index in [4.69, 9.17) is 5.73 Å². The van der Waals surface area contributed by atoms with Crippen LogP contribution in [0.3, 0.4) is 0 Å². The van der Waals surface area contributed by atoms with Gasteiger partial charge in [-0.15, -0.1) is 0 Å². The van der Waals surface area contributed by atoms with Crippen LogP contribution in [0.5, 0.6) is 0 Å². The molecule has 0 aromatic rings. The van der Waals surface area contributed by atoms with E-state index < -0.39 is 0 Å². The Bertz CT molecular complexity index is 40.1. The molecular formula is C4H9NS. The van der Waals surface area contributed by atoms with Gasteiger partial charge in [0.05, 0.1) is 0 Å². The average molecular weight is 103 g/mol. The van der Waals surface area contributed by atoms with E-state index in [1.54, 1.807) is 0 Å². The van der Waals surface area contributed by atoms with Crippen LogP contribution in [0.15, 0.2) is 0 Å². The zero-order valence-electron chi connectivity index (χ0n) is 3.68. The summed E-state index contributed by atoms with van der Waals surface area (Å²) >= 11 is 1.99. The molecule has 1 fully saturated rings. The lowest BCUT2D eigenvalue weighted by atomic mass is 10.2. The molecule has 6 heavy (non-hydrogen) atoms. The quantitative estimate of drug-likeness (QED) is 0.517. The molecule has 1 heterocycles. The first-order valence-corrected chi connectivity index (χ1v) is 3.37. The van der Waals surface area contributed by atoms with Crippen LogP contribution in [-0.2, 0) is 0 Å². The highest BCUT2D eigenvalue weighted by atomic mass is 32.2. The summed E-state index contributed by atoms with van der Waals surface area (Å²) in [5.41, 5.74) is 5.32. The van der Waals surface area contributed by atoms with E-state index in [9.17, 15) is 0 Å². The van der Waals surface area contributed by atoms with E-state index >= 15 is 0 Å². The van der Waals surface area contributed by atoms with Gasteiger partial charge in [-0.1, -0.05) is 0 Å². The highest BCUT2D eigenvalue weighted by molar-refractivity contribution is 8.00. The summed E-state index contributed by atoms with van der Waals surface area (Å²) in [7, 11) is 0. The fourth-order valence-electron chi connectivity index (χ4n) is 0.421. The van der Waals surface area contributed by atoms with Crippen molar-refractivity contribution in [2.24, 2.45) is 11.7 Å². The van der Waals surface area contributed by atoms with Crippen molar-refractivity contribution in [1.29, 1.82) is 0 Å². The first kappa shape index (κ1) is 4.47. The van der Waals surface area contributed by atoms with Crippen LogP contribution < -0.4 is 5.73 Å². The topological polar surface area (TPSA) is 26.0 Å². The van der Waals surface area contributed by atoms with Gasteiger partial charge in [0.15, 0.2) is 0 Å². The van der Waals surface area contributed by atoms with Crippen LogP contribution in [0.1, 0.15) is 0 Å². The molecule has 0 radical (unpaired) electrons. The van der Waals surface area contributed by atoms with Crippen LogP contribution in [0, 0.1) is 5.92 Å². The zero-order chi connectivity index (χ0) is 4.41. The molecule has 0 aliphatic carbocycles. The van der Waals surface area contributed by atoms with Crippen LogP contribution in [0.25, 0.3) is 0 Å². The van der Waals surface area contributed by atoms with Crippen molar-refractivity contribution >= 4 is 11.8 Å². The summed E-state index contributed by atoms with van der Waals surface area (Å²) in [6.07, 6.45) is 0. The monoisotopic (exact) mass is 103 g/mol. The van der Waals surface area contributed by atoms with E-state index in [-0.39, 0.29) is 0 Å². The van der Waals surface area contributed by atoms with Gasteiger partial charge in [-0.05, 0) is 24.0 Å². The van der Waals surface area contributed by atoms with Crippen molar-refractivity contribution in [1.82, 2.24) is 0 Å². The lowest BCUT2D eigenvalue weighted by molar-refractivity contribution is 0.654. The molecule has 1 saturated heterocycles. The van der Waals surface area contributed by atoms with Crippen LogP contribution >= 0.6 is 11.8 Å². The van der Waals surface area contributed by atoms with Gasteiger partial charge in [-0.25, -0.2) is 0 Å². The highest BCUT2D eigenvalue weighted by Crippen LogP contribution is 2.22. The maximum Gasteiger partial charge on any atom is -0.00191 e. The third-order valence-electron chi connectivity index (χ3n) is 1.04. The van der Waals surface area contributed by atoms with Crippen LogP contribution in [0.4, 0.5) is 0 Å². The Balaban J connectivity index is 2.01. The van der Waals surface area contributed by atoms with Crippen molar-refractivity contribution < 1.29 is 0 Å². The maximum atomic E-state index is 5.32. The van der Waals surface area contributed by atoms with E-state index in [1.807, 2.05) is 11.8 Å². The zero-order valence-corrected chi connectivity index (χ0v) is 4.50. The fraction of sp³-hybridized carbons (Fsp3) is 1.00. The highest BCUT2D eigenvalue weighted by Gasteiger charge is 2.14. The number of nitrogens with two attached hydrogens (primary N) is 1. The minimum Gasteiger partial charge on any atom is -0.330 e. The van der Waals surface area contributed by atoms with E-state index in [2.05, 4.69) is 0 Å². The van der Waals surface area contributed by atoms with E-state index in [0.717, 1.165) is 12.5 Å². The Kier molecular flexibility index (Phi) is 1.37. The second-order valence-electron chi connectivity index (χ2n) is 1.64. The Hall–Kier alpha value is 0.310. The van der Waals surface area contributed by atoms with E-state index in [0.29, 0.717) is 0 Å². The van der Waals surface area contributed by atoms with Crippen molar-refractivity contribution in [3.8, 4) is 0 Å². The summed E-state index contributed by atoms with van der Waals surface area (Å²) in [6.45, 7) is 0.896. The molecular weight excluding hydrogens is 94.1 g/mol. The third kappa shape index (κ3) is 0.684. The molecule has 0 aromatic carbocycles. The van der Waals surface area contributed by atoms with Gasteiger partial charge in [0.2, 0.25) is 0 Å². The Morgan fingerprint density at radius 2 is 2.33 bits per heavy atom. The predicted molar refractivity (Wildman–Crippen MR) is 29.9 cm³/mol. The SMILES string of the molecule is NCC1CSC1. The smallest absolute Gasteiger partial charge is 0.00191 e. The third-order valence-corrected chi connectivity index (χ3v) is 2.45. The molecule has 0 saturated carbocycles. The van der Waals surface area contributed by atoms with Gasteiger partial charge in [0, 0.05) is 0 Å². The van der Waals surface area contributed by atoms with Gasteiger partial charge in [0.25, 0.3) is 0 Å². The van der Waals surface area contributed by atoms with Gasteiger partial charge in [0.1, 0.15) is 0 Å². The normalized spacial score (nSPS) is 23.5. The van der Waals surface area contributed by atoms with Crippen molar-refractivity contribution in [3.05, 3.63) is 0 Å². The van der Waals surface area contributed by atoms with Gasteiger partial charge < -0.3 is 5.73 Å². The van der Waals surface area contributed by atoms with Crippen LogP contribution in [-0.4, -0.2) is 18.1 Å². The number of hydrogen-bond donors (Lipinski definition) is 1. The number of thioether (sulfide) groups is 1. The second kappa shape index (κ2) is 1.85. The Morgan fingerprint density at radius 1 is 1.67 bits per heavy atom. The molecule has 1 aliphatic heterocycles. The molecule has 0 unspecified atom stereocenters. The Labute approximate surface area is 42.3 Å². The van der Waals surface area contributed by atoms with Crippen molar-refractivity contribution in [2.75, 3.05) is 18.1 Å². The lowest BCUT2D eigenvalue weighted by Gasteiger charge is -2.22. The molecule has 0 spiro atoms. The predicted octanol–water partition coefficient (Wildman–Crippen LogP) is 0.308. The molecule has 1 nitrogen and oxygen atoms in total. The molecule has 1 aliphatic rings. The Morgan fingerprint density at radius 3 is 2.33 bits per heavy atom. The molecule has 0 bridgehead atoms. The molecule has 2 N–H and O–H groups in total. The summed E-state index contributed by atoms with van der Waals surface area (Å²) in [4.78, 5) is 0. The van der Waals surface area contributed by atoms with Crippen molar-refractivity contribution in [2.45, 2.75) is 0 Å². The summed E-state index contributed by atoms with van der Waals surface area (Å²) in [5.74, 6) is 3.46. The fourth-order valence-corrected chi connectivity index (χ4v) is 1.26. The van der Waals surface area contributed by atoms with Gasteiger partial charge >= 0.3 is 0 Å². The standard InChI is InChI=1S/C4H9NS/c5-1-4-2-6-3-4/h4H,1-3,5H2. The number of rotatable bonds is 1. The summed E-state index contributed by atoms with van der Waals surface area (Å²) in [6, 6.07) is 0.